The lowest BCUT2D eigenvalue weighted by Gasteiger charge is -2.05. The lowest BCUT2D eigenvalue weighted by Crippen LogP contribution is -2.26. The maximum absolute atomic E-state index is 12.3. The number of amides is 2. The van der Waals surface area contributed by atoms with Crippen LogP contribution in [0.3, 0.4) is 0 Å². The highest BCUT2D eigenvalue weighted by Crippen LogP contribution is 2.15. The highest BCUT2D eigenvalue weighted by atomic mass is 35.5. The van der Waals surface area contributed by atoms with Gasteiger partial charge in [0.05, 0.1) is 6.54 Å². The first-order valence-electron chi connectivity index (χ1n) is 11.4. The highest BCUT2D eigenvalue weighted by Gasteiger charge is 2.11. The number of benzene rings is 2. The van der Waals surface area contributed by atoms with Crippen LogP contribution in [0, 0.1) is 0 Å². The van der Waals surface area contributed by atoms with E-state index in [1.54, 1.807) is 5.38 Å². The van der Waals surface area contributed by atoms with Crippen molar-refractivity contribution < 1.29 is 9.59 Å². The number of carbonyl (C=O) groups excluding carboxylic acids is 2. The molecular weight excluding hydrogens is 454 g/mol. The summed E-state index contributed by atoms with van der Waals surface area (Å²) < 4.78 is 0. The van der Waals surface area contributed by atoms with E-state index in [0.29, 0.717) is 36.6 Å². The molecule has 0 atom stereocenters. The summed E-state index contributed by atoms with van der Waals surface area (Å²) in [5.74, 6) is -0.189. The minimum atomic E-state index is -0.216. The molecule has 0 saturated heterocycles. The predicted octanol–water partition coefficient (Wildman–Crippen LogP) is 5.58. The molecule has 0 aliphatic heterocycles. The van der Waals surface area contributed by atoms with Gasteiger partial charge in [0.2, 0.25) is 5.91 Å². The van der Waals surface area contributed by atoms with E-state index in [2.05, 4.69) is 39.9 Å². The Morgan fingerprint density at radius 1 is 0.879 bits per heavy atom. The van der Waals surface area contributed by atoms with Crippen molar-refractivity contribution in [1.29, 1.82) is 0 Å². The Balaban J connectivity index is 1.27. The maximum Gasteiger partial charge on any atom is 0.270 e. The number of hydrogen-bond donors (Lipinski definition) is 2. The van der Waals surface area contributed by atoms with Crippen LogP contribution in [0.4, 0.5) is 0 Å². The average Bonchev–Trinajstić information content (AvgIpc) is 3.31. The van der Waals surface area contributed by atoms with Gasteiger partial charge >= 0.3 is 0 Å². The molecule has 0 aliphatic rings. The summed E-state index contributed by atoms with van der Waals surface area (Å²) >= 11 is 7.52. The standard InChI is InChI=1S/C26H30ClN3O2S/c27-22-14-9-8-13-21(22)16-17-28-26(32)23-19-33-25(30-23)18-29-24(31)15-7-2-1-4-10-20-11-5-3-6-12-20/h3,5-6,8-9,11-14,19H,1-2,4,7,10,15-18H2,(H,28,32)(H,29,31). The van der Waals surface area contributed by atoms with Crippen LogP contribution in [-0.4, -0.2) is 23.3 Å². The number of aromatic nitrogens is 1. The van der Waals surface area contributed by atoms with E-state index < -0.39 is 0 Å². The zero-order chi connectivity index (χ0) is 23.3. The van der Waals surface area contributed by atoms with Crippen LogP contribution in [0.1, 0.15) is 58.7 Å². The lowest BCUT2D eigenvalue weighted by atomic mass is 10.1. The highest BCUT2D eigenvalue weighted by molar-refractivity contribution is 7.09. The molecule has 0 radical (unpaired) electrons. The molecule has 2 amide bonds. The molecule has 3 aromatic rings. The van der Waals surface area contributed by atoms with Gasteiger partial charge in [-0.3, -0.25) is 9.59 Å². The zero-order valence-corrected chi connectivity index (χ0v) is 20.3. The van der Waals surface area contributed by atoms with Gasteiger partial charge in [-0.05, 0) is 42.9 Å². The van der Waals surface area contributed by atoms with Crippen LogP contribution >= 0.6 is 22.9 Å². The maximum atomic E-state index is 12.3. The number of rotatable bonds is 13. The molecule has 7 heteroatoms. The zero-order valence-electron chi connectivity index (χ0n) is 18.7. The Bertz CT molecular complexity index is 1020. The average molecular weight is 484 g/mol. The van der Waals surface area contributed by atoms with E-state index in [1.807, 2.05) is 30.3 Å². The minimum absolute atomic E-state index is 0.0269. The van der Waals surface area contributed by atoms with Crippen molar-refractivity contribution >= 4 is 34.8 Å². The summed E-state index contributed by atoms with van der Waals surface area (Å²) in [5.41, 5.74) is 2.74. The second-order valence-corrected chi connectivity index (χ2v) is 9.25. The molecular formula is C26H30ClN3O2S. The summed E-state index contributed by atoms with van der Waals surface area (Å²) in [6.07, 6.45) is 6.48. The molecule has 2 aromatic carbocycles. The van der Waals surface area contributed by atoms with Gasteiger partial charge in [0, 0.05) is 23.4 Å². The number of halogens is 1. The van der Waals surface area contributed by atoms with Crippen LogP contribution in [0.5, 0.6) is 0 Å². The summed E-state index contributed by atoms with van der Waals surface area (Å²) in [4.78, 5) is 28.7. The molecule has 0 aliphatic carbocycles. The third-order valence-electron chi connectivity index (χ3n) is 5.32. The molecule has 0 fully saturated rings. The second-order valence-electron chi connectivity index (χ2n) is 7.90. The van der Waals surface area contributed by atoms with Gasteiger partial charge in [0.15, 0.2) is 0 Å². The monoisotopic (exact) mass is 483 g/mol. The second kappa shape index (κ2) is 13.8. The van der Waals surface area contributed by atoms with E-state index in [9.17, 15) is 9.59 Å². The summed E-state index contributed by atoms with van der Waals surface area (Å²) in [6, 6.07) is 18.1. The van der Waals surface area contributed by atoms with Crippen molar-refractivity contribution in [2.75, 3.05) is 6.54 Å². The Morgan fingerprint density at radius 2 is 1.64 bits per heavy atom. The Hall–Kier alpha value is -2.70. The van der Waals surface area contributed by atoms with Crippen molar-refractivity contribution in [3.8, 4) is 0 Å². The van der Waals surface area contributed by atoms with Gasteiger partial charge in [-0.15, -0.1) is 11.3 Å². The van der Waals surface area contributed by atoms with E-state index in [4.69, 9.17) is 11.6 Å². The molecule has 0 bridgehead atoms. The van der Waals surface area contributed by atoms with Gasteiger partial charge in [-0.2, -0.15) is 0 Å². The van der Waals surface area contributed by atoms with Gasteiger partial charge in [-0.1, -0.05) is 73.0 Å². The molecule has 0 unspecified atom stereocenters. The molecule has 0 spiro atoms. The first kappa shape index (κ1) is 24.9. The normalized spacial score (nSPS) is 10.7. The molecule has 5 nitrogen and oxygen atoms in total. The number of aryl methyl sites for hydroxylation is 1. The third kappa shape index (κ3) is 8.98. The van der Waals surface area contributed by atoms with Gasteiger partial charge in [0.1, 0.15) is 10.7 Å². The molecule has 174 valence electrons. The van der Waals surface area contributed by atoms with Crippen LogP contribution in [-0.2, 0) is 24.2 Å². The fourth-order valence-electron chi connectivity index (χ4n) is 3.47. The molecule has 3 rings (SSSR count). The van der Waals surface area contributed by atoms with Crippen LogP contribution < -0.4 is 10.6 Å². The Labute approximate surface area is 204 Å². The van der Waals surface area contributed by atoms with E-state index in [1.165, 1.54) is 16.9 Å². The molecule has 0 saturated carbocycles. The molecule has 1 heterocycles. The van der Waals surface area contributed by atoms with E-state index in [0.717, 1.165) is 42.7 Å². The van der Waals surface area contributed by atoms with Gasteiger partial charge in [-0.25, -0.2) is 4.98 Å². The van der Waals surface area contributed by atoms with Crippen molar-refractivity contribution in [3.63, 3.8) is 0 Å². The first-order valence-corrected chi connectivity index (χ1v) is 12.6. The largest absolute Gasteiger partial charge is 0.350 e. The molecule has 1 aromatic heterocycles. The number of hydrogen-bond acceptors (Lipinski definition) is 4. The Kier molecular flexibility index (Phi) is 10.4. The summed E-state index contributed by atoms with van der Waals surface area (Å²) in [6.45, 7) is 0.835. The predicted molar refractivity (Wildman–Crippen MR) is 135 cm³/mol. The summed E-state index contributed by atoms with van der Waals surface area (Å²) in [7, 11) is 0. The minimum Gasteiger partial charge on any atom is -0.350 e. The fourth-order valence-corrected chi connectivity index (χ4v) is 4.42. The van der Waals surface area contributed by atoms with E-state index >= 15 is 0 Å². The summed E-state index contributed by atoms with van der Waals surface area (Å²) in [5, 5.41) is 8.91. The fraction of sp³-hybridized carbons (Fsp3) is 0.346. The Morgan fingerprint density at radius 3 is 2.45 bits per heavy atom. The lowest BCUT2D eigenvalue weighted by molar-refractivity contribution is -0.121. The SMILES string of the molecule is O=C(CCCCCCc1ccccc1)NCc1nc(C(=O)NCCc2ccccc2Cl)cs1. The number of nitrogens with zero attached hydrogens (tertiary/aromatic N) is 1. The van der Waals surface area contributed by atoms with E-state index in [-0.39, 0.29) is 11.8 Å². The number of carbonyl (C=O) groups is 2. The van der Waals surface area contributed by atoms with Crippen LogP contribution in [0.25, 0.3) is 0 Å². The number of thiazole rings is 1. The smallest absolute Gasteiger partial charge is 0.270 e. The van der Waals surface area contributed by atoms with Gasteiger partial charge < -0.3 is 10.6 Å². The molecule has 33 heavy (non-hydrogen) atoms. The topological polar surface area (TPSA) is 71.1 Å². The third-order valence-corrected chi connectivity index (χ3v) is 6.54. The van der Waals surface area contributed by atoms with Crippen LogP contribution in [0.15, 0.2) is 60.0 Å². The first-order chi connectivity index (χ1) is 16.1. The van der Waals surface area contributed by atoms with Gasteiger partial charge in [0.25, 0.3) is 5.91 Å². The van der Waals surface area contributed by atoms with Crippen molar-refractivity contribution in [2.24, 2.45) is 0 Å². The van der Waals surface area contributed by atoms with Crippen molar-refractivity contribution in [1.82, 2.24) is 15.6 Å². The number of nitrogens with one attached hydrogen (secondary N) is 2. The molecule has 2 N–H and O–H groups in total. The number of unbranched alkanes of at least 4 members (excludes halogenated alkanes) is 3. The van der Waals surface area contributed by atoms with Crippen molar-refractivity contribution in [3.05, 3.63) is 86.8 Å². The van der Waals surface area contributed by atoms with Crippen molar-refractivity contribution in [2.45, 2.75) is 51.5 Å². The van der Waals surface area contributed by atoms with Crippen LogP contribution in [0.2, 0.25) is 5.02 Å². The quantitative estimate of drug-likeness (QED) is 0.312.